The Bertz CT molecular complexity index is 648. The monoisotopic (exact) mass is 318 g/mol. The lowest BCUT2D eigenvalue weighted by atomic mass is 9.95. The Morgan fingerprint density at radius 1 is 1.22 bits per heavy atom. The fourth-order valence-electron chi connectivity index (χ4n) is 3.09. The van der Waals surface area contributed by atoms with Crippen LogP contribution in [0.2, 0.25) is 0 Å². The van der Waals surface area contributed by atoms with Gasteiger partial charge < -0.3 is 15.4 Å². The van der Waals surface area contributed by atoms with E-state index in [1.165, 1.54) is 12.1 Å². The van der Waals surface area contributed by atoms with Gasteiger partial charge in [-0.25, -0.2) is 14.0 Å². The molecule has 1 atom stereocenters. The minimum Gasteiger partial charge on any atom is -0.459 e. The molecule has 0 radical (unpaired) electrons. The van der Waals surface area contributed by atoms with Gasteiger partial charge in [0.2, 0.25) is 0 Å². The number of nitrogens with one attached hydrogen (secondary N) is 2. The molecule has 2 aliphatic rings. The number of carbonyl (C=O) groups is 2. The molecule has 1 unspecified atom stereocenters. The van der Waals surface area contributed by atoms with Crippen LogP contribution in [0.15, 0.2) is 35.5 Å². The van der Waals surface area contributed by atoms with Gasteiger partial charge in [0.1, 0.15) is 11.9 Å². The predicted molar refractivity (Wildman–Crippen MR) is 81.9 cm³/mol. The van der Waals surface area contributed by atoms with Crippen LogP contribution in [0.1, 0.15) is 44.2 Å². The second kappa shape index (κ2) is 6.40. The quantitative estimate of drug-likeness (QED) is 0.842. The first-order valence-corrected chi connectivity index (χ1v) is 7.79. The fourth-order valence-corrected chi connectivity index (χ4v) is 3.09. The maximum absolute atomic E-state index is 13.1. The highest BCUT2D eigenvalue weighted by atomic mass is 19.1. The molecule has 3 rings (SSSR count). The molecule has 1 aliphatic heterocycles. The molecule has 0 saturated heterocycles. The van der Waals surface area contributed by atoms with Gasteiger partial charge >= 0.3 is 12.0 Å². The van der Waals surface area contributed by atoms with Crippen LogP contribution in [0.3, 0.4) is 0 Å². The number of hydrogen-bond acceptors (Lipinski definition) is 3. The Hall–Kier alpha value is -2.37. The van der Waals surface area contributed by atoms with Gasteiger partial charge in [-0.3, -0.25) is 0 Å². The van der Waals surface area contributed by atoms with Gasteiger partial charge in [0.25, 0.3) is 0 Å². The Morgan fingerprint density at radius 2 is 1.87 bits per heavy atom. The lowest BCUT2D eigenvalue weighted by Crippen LogP contribution is -2.45. The van der Waals surface area contributed by atoms with Crippen molar-refractivity contribution in [3.05, 3.63) is 46.9 Å². The third kappa shape index (κ3) is 3.36. The molecule has 122 valence electrons. The standard InChI is InChI=1S/C17H19FN2O3/c1-10-14(16(21)23-13-4-2-3-5-13)15(20-17(22)19-10)11-6-8-12(18)9-7-11/h6-9,13,15H,2-5H2,1H3,(H2,19,20,22). The maximum atomic E-state index is 13.1. The van der Waals surface area contributed by atoms with Gasteiger partial charge in [-0.1, -0.05) is 12.1 Å². The van der Waals surface area contributed by atoms with E-state index in [1.807, 2.05) is 0 Å². The number of ether oxygens (including phenoxy) is 1. The van der Waals surface area contributed by atoms with Crippen LogP contribution in [0.5, 0.6) is 0 Å². The van der Waals surface area contributed by atoms with Crippen LogP contribution in [-0.4, -0.2) is 18.1 Å². The molecule has 1 aromatic carbocycles. The smallest absolute Gasteiger partial charge is 0.338 e. The Balaban J connectivity index is 1.88. The van der Waals surface area contributed by atoms with Gasteiger partial charge in [0, 0.05) is 5.70 Å². The molecule has 1 saturated carbocycles. The van der Waals surface area contributed by atoms with Crippen molar-refractivity contribution < 1.29 is 18.7 Å². The molecule has 2 amide bonds. The van der Waals surface area contributed by atoms with Crippen LogP contribution in [0.4, 0.5) is 9.18 Å². The molecule has 0 aromatic heterocycles. The fraction of sp³-hybridized carbons (Fsp3) is 0.412. The molecular weight excluding hydrogens is 299 g/mol. The van der Waals surface area contributed by atoms with E-state index in [0.29, 0.717) is 16.8 Å². The molecule has 0 bridgehead atoms. The highest BCUT2D eigenvalue weighted by molar-refractivity contribution is 5.95. The van der Waals surface area contributed by atoms with E-state index in [-0.39, 0.29) is 11.9 Å². The molecule has 6 heteroatoms. The summed E-state index contributed by atoms with van der Waals surface area (Å²) in [6.45, 7) is 1.67. The first-order valence-electron chi connectivity index (χ1n) is 7.79. The first-order chi connectivity index (χ1) is 11.0. The summed E-state index contributed by atoms with van der Waals surface area (Å²) in [5.41, 5.74) is 1.47. The second-order valence-corrected chi connectivity index (χ2v) is 5.93. The van der Waals surface area contributed by atoms with Crippen molar-refractivity contribution in [2.45, 2.75) is 44.8 Å². The summed E-state index contributed by atoms with van der Waals surface area (Å²) in [4.78, 5) is 24.3. The summed E-state index contributed by atoms with van der Waals surface area (Å²) in [6, 6.07) is 4.69. The molecule has 1 fully saturated rings. The van der Waals surface area contributed by atoms with Crippen molar-refractivity contribution in [1.29, 1.82) is 0 Å². The van der Waals surface area contributed by atoms with E-state index in [0.717, 1.165) is 25.7 Å². The number of allylic oxidation sites excluding steroid dienone is 1. The number of urea groups is 1. The Morgan fingerprint density at radius 3 is 2.52 bits per heavy atom. The van der Waals surface area contributed by atoms with Crippen LogP contribution < -0.4 is 10.6 Å². The molecule has 5 nitrogen and oxygen atoms in total. The summed E-state index contributed by atoms with van der Waals surface area (Å²) in [5, 5.41) is 5.31. The molecule has 0 spiro atoms. The van der Waals surface area contributed by atoms with Crippen molar-refractivity contribution in [2.75, 3.05) is 0 Å². The normalized spacial score (nSPS) is 21.8. The lowest BCUT2D eigenvalue weighted by molar-refractivity contribution is -0.144. The molecule has 1 aromatic rings. The van der Waals surface area contributed by atoms with E-state index in [9.17, 15) is 14.0 Å². The summed E-state index contributed by atoms with van der Waals surface area (Å²) in [6.07, 6.45) is 3.81. The number of rotatable bonds is 3. The van der Waals surface area contributed by atoms with Crippen molar-refractivity contribution in [3.63, 3.8) is 0 Å². The number of esters is 1. The van der Waals surface area contributed by atoms with Crippen LogP contribution in [-0.2, 0) is 9.53 Å². The summed E-state index contributed by atoms with van der Waals surface area (Å²) >= 11 is 0. The molecular formula is C17H19FN2O3. The van der Waals surface area contributed by atoms with E-state index in [1.54, 1.807) is 19.1 Å². The van der Waals surface area contributed by atoms with Gasteiger partial charge in [0.15, 0.2) is 0 Å². The summed E-state index contributed by atoms with van der Waals surface area (Å²) in [7, 11) is 0. The highest BCUT2D eigenvalue weighted by Gasteiger charge is 2.33. The van der Waals surface area contributed by atoms with Crippen LogP contribution in [0, 0.1) is 5.82 Å². The van der Waals surface area contributed by atoms with Crippen molar-refractivity contribution in [1.82, 2.24) is 10.6 Å². The largest absolute Gasteiger partial charge is 0.459 e. The van der Waals surface area contributed by atoms with E-state index < -0.39 is 18.0 Å². The third-order valence-corrected chi connectivity index (χ3v) is 4.27. The number of carbonyl (C=O) groups excluding carboxylic acids is 2. The second-order valence-electron chi connectivity index (χ2n) is 5.93. The van der Waals surface area contributed by atoms with Crippen LogP contribution in [0.25, 0.3) is 0 Å². The molecule has 2 N–H and O–H groups in total. The number of amides is 2. The summed E-state index contributed by atoms with van der Waals surface area (Å²) in [5.74, 6) is -0.805. The SMILES string of the molecule is CC1=C(C(=O)OC2CCCC2)C(c2ccc(F)cc2)NC(=O)N1. The van der Waals surface area contributed by atoms with Gasteiger partial charge in [-0.05, 0) is 50.3 Å². The minimum atomic E-state index is -0.641. The molecule has 1 aliphatic carbocycles. The zero-order valence-electron chi connectivity index (χ0n) is 12.9. The Kier molecular flexibility index (Phi) is 4.32. The average molecular weight is 318 g/mol. The molecule has 23 heavy (non-hydrogen) atoms. The van der Waals surface area contributed by atoms with E-state index >= 15 is 0 Å². The number of halogens is 1. The molecule has 1 heterocycles. The van der Waals surface area contributed by atoms with Gasteiger partial charge in [0.05, 0.1) is 11.6 Å². The average Bonchev–Trinajstić information content (AvgIpc) is 3.00. The highest BCUT2D eigenvalue weighted by Crippen LogP contribution is 2.30. The maximum Gasteiger partial charge on any atom is 0.338 e. The number of benzene rings is 1. The number of hydrogen-bond donors (Lipinski definition) is 2. The topological polar surface area (TPSA) is 67.4 Å². The summed E-state index contributed by atoms with van der Waals surface area (Å²) < 4.78 is 18.7. The lowest BCUT2D eigenvalue weighted by Gasteiger charge is -2.28. The van der Waals surface area contributed by atoms with Crippen molar-refractivity contribution in [3.8, 4) is 0 Å². The van der Waals surface area contributed by atoms with Crippen LogP contribution >= 0.6 is 0 Å². The Labute approximate surface area is 133 Å². The minimum absolute atomic E-state index is 0.0608. The predicted octanol–water partition coefficient (Wildman–Crippen LogP) is 2.94. The van der Waals surface area contributed by atoms with Crippen molar-refractivity contribution >= 4 is 12.0 Å². The van der Waals surface area contributed by atoms with E-state index in [2.05, 4.69) is 10.6 Å². The zero-order valence-corrected chi connectivity index (χ0v) is 12.9. The van der Waals surface area contributed by atoms with Crippen molar-refractivity contribution in [2.24, 2.45) is 0 Å². The zero-order chi connectivity index (χ0) is 16.4. The van der Waals surface area contributed by atoms with E-state index in [4.69, 9.17) is 4.74 Å². The van der Waals surface area contributed by atoms with Gasteiger partial charge in [-0.2, -0.15) is 0 Å². The van der Waals surface area contributed by atoms with Gasteiger partial charge in [-0.15, -0.1) is 0 Å². The third-order valence-electron chi connectivity index (χ3n) is 4.27. The first kappa shape index (κ1) is 15.5.